The SMILES string of the molecule is CCNC(=O)C(C)OC1CCC(C)NC1. The number of hydrogen-bond acceptors (Lipinski definition) is 3. The lowest BCUT2D eigenvalue weighted by Gasteiger charge is -2.29. The lowest BCUT2D eigenvalue weighted by atomic mass is 10.0. The summed E-state index contributed by atoms with van der Waals surface area (Å²) in [6.45, 7) is 7.40. The molecule has 0 spiro atoms. The summed E-state index contributed by atoms with van der Waals surface area (Å²) in [6.07, 6.45) is 1.99. The van der Waals surface area contributed by atoms with E-state index in [1.807, 2.05) is 13.8 Å². The number of rotatable bonds is 4. The zero-order valence-corrected chi connectivity index (χ0v) is 9.88. The fourth-order valence-electron chi connectivity index (χ4n) is 1.76. The van der Waals surface area contributed by atoms with Crippen LogP contribution >= 0.6 is 0 Å². The molecule has 0 bridgehead atoms. The van der Waals surface area contributed by atoms with E-state index in [9.17, 15) is 4.79 Å². The van der Waals surface area contributed by atoms with Crippen LogP contribution in [0.1, 0.15) is 33.6 Å². The van der Waals surface area contributed by atoms with Gasteiger partial charge in [0.15, 0.2) is 0 Å². The van der Waals surface area contributed by atoms with Gasteiger partial charge in [-0.3, -0.25) is 4.79 Å². The summed E-state index contributed by atoms with van der Waals surface area (Å²) in [5.74, 6) is -0.0175. The molecule has 0 radical (unpaired) electrons. The van der Waals surface area contributed by atoms with Gasteiger partial charge in [-0.1, -0.05) is 0 Å². The average Bonchev–Trinajstić information content (AvgIpc) is 2.22. The van der Waals surface area contributed by atoms with E-state index in [0.29, 0.717) is 12.6 Å². The van der Waals surface area contributed by atoms with Crippen molar-refractivity contribution in [2.45, 2.75) is 51.9 Å². The number of piperidine rings is 1. The minimum Gasteiger partial charge on any atom is -0.364 e. The first-order valence-electron chi connectivity index (χ1n) is 5.80. The monoisotopic (exact) mass is 214 g/mol. The standard InChI is InChI=1S/C11H22N2O2/c1-4-12-11(14)9(3)15-10-6-5-8(2)13-7-10/h8-10,13H,4-7H2,1-3H3,(H,12,14). The Morgan fingerprint density at radius 3 is 2.87 bits per heavy atom. The van der Waals surface area contributed by atoms with Crippen LogP contribution in [0.3, 0.4) is 0 Å². The third kappa shape index (κ3) is 4.18. The summed E-state index contributed by atoms with van der Waals surface area (Å²) in [6, 6.07) is 0.574. The molecule has 1 amide bonds. The quantitative estimate of drug-likeness (QED) is 0.723. The number of hydrogen-bond donors (Lipinski definition) is 2. The lowest BCUT2D eigenvalue weighted by Crippen LogP contribution is -2.44. The van der Waals surface area contributed by atoms with Gasteiger partial charge in [-0.2, -0.15) is 0 Å². The minimum absolute atomic E-state index is 0.0175. The third-order valence-electron chi connectivity index (χ3n) is 2.73. The number of nitrogens with one attached hydrogen (secondary N) is 2. The van der Waals surface area contributed by atoms with Crippen molar-refractivity contribution in [1.29, 1.82) is 0 Å². The fourth-order valence-corrected chi connectivity index (χ4v) is 1.76. The normalized spacial score (nSPS) is 28.5. The largest absolute Gasteiger partial charge is 0.364 e. The maximum absolute atomic E-state index is 11.4. The van der Waals surface area contributed by atoms with Crippen LogP contribution in [0.5, 0.6) is 0 Å². The third-order valence-corrected chi connectivity index (χ3v) is 2.73. The topological polar surface area (TPSA) is 50.4 Å². The first-order valence-corrected chi connectivity index (χ1v) is 5.80. The van der Waals surface area contributed by atoms with Crippen LogP contribution in [0, 0.1) is 0 Å². The van der Waals surface area contributed by atoms with E-state index in [2.05, 4.69) is 17.6 Å². The Kier molecular flexibility index (Phi) is 5.05. The van der Waals surface area contributed by atoms with Crippen LogP contribution in [-0.4, -0.2) is 37.2 Å². The molecule has 0 aliphatic carbocycles. The van der Waals surface area contributed by atoms with Gasteiger partial charge < -0.3 is 15.4 Å². The van der Waals surface area contributed by atoms with E-state index in [1.54, 1.807) is 0 Å². The molecule has 4 heteroatoms. The summed E-state index contributed by atoms with van der Waals surface area (Å²) in [7, 11) is 0. The molecule has 15 heavy (non-hydrogen) atoms. The molecule has 0 aromatic carbocycles. The van der Waals surface area contributed by atoms with Gasteiger partial charge in [0.05, 0.1) is 6.10 Å². The number of amides is 1. The molecular formula is C11H22N2O2. The van der Waals surface area contributed by atoms with Gasteiger partial charge in [0.1, 0.15) is 6.10 Å². The molecule has 0 aromatic rings. The Bertz CT molecular complexity index is 201. The molecular weight excluding hydrogens is 192 g/mol. The minimum atomic E-state index is -0.342. The van der Waals surface area contributed by atoms with Crippen molar-refractivity contribution in [2.75, 3.05) is 13.1 Å². The van der Waals surface area contributed by atoms with Crippen LogP contribution in [-0.2, 0) is 9.53 Å². The highest BCUT2D eigenvalue weighted by Gasteiger charge is 2.22. The number of carbonyl (C=O) groups excluding carboxylic acids is 1. The van der Waals surface area contributed by atoms with Crippen molar-refractivity contribution in [3.05, 3.63) is 0 Å². The zero-order valence-electron chi connectivity index (χ0n) is 9.88. The van der Waals surface area contributed by atoms with E-state index in [4.69, 9.17) is 4.74 Å². The number of ether oxygens (including phenoxy) is 1. The Morgan fingerprint density at radius 2 is 2.33 bits per heavy atom. The Hall–Kier alpha value is -0.610. The Labute approximate surface area is 91.8 Å². The smallest absolute Gasteiger partial charge is 0.248 e. The Balaban J connectivity index is 2.25. The van der Waals surface area contributed by atoms with Gasteiger partial charge in [-0.15, -0.1) is 0 Å². The van der Waals surface area contributed by atoms with Crippen molar-refractivity contribution in [3.63, 3.8) is 0 Å². The van der Waals surface area contributed by atoms with Gasteiger partial charge in [-0.25, -0.2) is 0 Å². The molecule has 1 fully saturated rings. The number of carbonyl (C=O) groups is 1. The molecule has 0 saturated carbocycles. The van der Waals surface area contributed by atoms with Gasteiger partial charge in [0, 0.05) is 19.1 Å². The van der Waals surface area contributed by atoms with E-state index in [1.165, 1.54) is 0 Å². The summed E-state index contributed by atoms with van der Waals surface area (Å²) < 4.78 is 5.68. The molecule has 3 unspecified atom stereocenters. The molecule has 3 atom stereocenters. The van der Waals surface area contributed by atoms with Crippen LogP contribution in [0.15, 0.2) is 0 Å². The van der Waals surface area contributed by atoms with Gasteiger partial charge in [0.2, 0.25) is 5.91 Å². The molecule has 1 rings (SSSR count). The van der Waals surface area contributed by atoms with Crippen LogP contribution in [0.4, 0.5) is 0 Å². The van der Waals surface area contributed by atoms with E-state index < -0.39 is 0 Å². The van der Waals surface area contributed by atoms with Gasteiger partial charge in [-0.05, 0) is 33.6 Å². The van der Waals surface area contributed by atoms with Crippen molar-refractivity contribution >= 4 is 5.91 Å². The predicted molar refractivity (Wildman–Crippen MR) is 59.7 cm³/mol. The second kappa shape index (κ2) is 6.08. The summed E-state index contributed by atoms with van der Waals surface area (Å²) in [5.41, 5.74) is 0. The molecule has 2 N–H and O–H groups in total. The first kappa shape index (κ1) is 12.5. The molecule has 1 aliphatic heterocycles. The molecule has 88 valence electrons. The van der Waals surface area contributed by atoms with E-state index in [0.717, 1.165) is 19.4 Å². The molecule has 1 saturated heterocycles. The summed E-state index contributed by atoms with van der Waals surface area (Å²) in [5, 5.41) is 6.11. The Morgan fingerprint density at radius 1 is 1.60 bits per heavy atom. The summed E-state index contributed by atoms with van der Waals surface area (Å²) in [4.78, 5) is 11.4. The molecule has 0 aromatic heterocycles. The van der Waals surface area contributed by atoms with Crippen molar-refractivity contribution < 1.29 is 9.53 Å². The number of likely N-dealkylation sites (N-methyl/N-ethyl adjacent to an activating group) is 1. The van der Waals surface area contributed by atoms with E-state index in [-0.39, 0.29) is 18.1 Å². The highest BCUT2D eigenvalue weighted by Crippen LogP contribution is 2.12. The van der Waals surface area contributed by atoms with Crippen molar-refractivity contribution in [2.24, 2.45) is 0 Å². The molecule has 1 heterocycles. The van der Waals surface area contributed by atoms with Crippen molar-refractivity contribution in [1.82, 2.24) is 10.6 Å². The fraction of sp³-hybridized carbons (Fsp3) is 0.909. The van der Waals surface area contributed by atoms with Crippen LogP contribution in [0.2, 0.25) is 0 Å². The predicted octanol–water partition coefficient (Wildman–Crippen LogP) is 0.668. The van der Waals surface area contributed by atoms with E-state index >= 15 is 0 Å². The van der Waals surface area contributed by atoms with Gasteiger partial charge >= 0.3 is 0 Å². The highest BCUT2D eigenvalue weighted by atomic mass is 16.5. The zero-order chi connectivity index (χ0) is 11.3. The first-order chi connectivity index (χ1) is 7.13. The summed E-state index contributed by atoms with van der Waals surface area (Å²) >= 11 is 0. The second-order valence-corrected chi connectivity index (χ2v) is 4.18. The van der Waals surface area contributed by atoms with Gasteiger partial charge in [0.25, 0.3) is 0 Å². The molecule has 1 aliphatic rings. The maximum Gasteiger partial charge on any atom is 0.248 e. The second-order valence-electron chi connectivity index (χ2n) is 4.18. The van der Waals surface area contributed by atoms with Crippen LogP contribution < -0.4 is 10.6 Å². The highest BCUT2D eigenvalue weighted by molar-refractivity contribution is 5.80. The molecule has 4 nitrogen and oxygen atoms in total. The van der Waals surface area contributed by atoms with Crippen molar-refractivity contribution in [3.8, 4) is 0 Å². The maximum atomic E-state index is 11.4. The lowest BCUT2D eigenvalue weighted by molar-refractivity contribution is -0.136. The average molecular weight is 214 g/mol. The van der Waals surface area contributed by atoms with Crippen LogP contribution in [0.25, 0.3) is 0 Å².